The van der Waals surface area contributed by atoms with Gasteiger partial charge in [-0.05, 0) is 30.7 Å². The molecule has 2 rings (SSSR count). The molecule has 0 aliphatic carbocycles. The Hall–Kier alpha value is -3.62. The minimum Gasteiger partial charge on any atom is -0.494 e. The Morgan fingerprint density at radius 2 is 1.85 bits per heavy atom. The third-order valence-corrected chi connectivity index (χ3v) is 3.67. The molecule has 2 aromatic carbocycles. The minimum atomic E-state index is -0.541. The van der Waals surface area contributed by atoms with E-state index in [0.717, 1.165) is 5.56 Å². The predicted octanol–water partition coefficient (Wildman–Crippen LogP) is 2.92. The zero-order valence-electron chi connectivity index (χ0n) is 15.2. The van der Waals surface area contributed by atoms with Crippen LogP contribution in [0.5, 0.6) is 5.75 Å². The third kappa shape index (κ3) is 5.43. The molecule has 0 radical (unpaired) electrons. The monoisotopic (exact) mass is 372 g/mol. The lowest BCUT2D eigenvalue weighted by Crippen LogP contribution is -2.22. The molecule has 27 heavy (non-hydrogen) atoms. The topological polar surface area (TPSA) is 123 Å². The number of amides is 2. The van der Waals surface area contributed by atoms with Gasteiger partial charge in [0.05, 0.1) is 30.3 Å². The number of carbonyl (C=O) groups excluding carboxylic acids is 2. The van der Waals surface area contributed by atoms with Gasteiger partial charge in [0.25, 0.3) is 5.69 Å². The number of non-ortho nitro benzene ring substituents is 1. The first-order chi connectivity index (χ1) is 12.8. The van der Waals surface area contributed by atoms with E-state index in [2.05, 4.69) is 16.0 Å². The van der Waals surface area contributed by atoms with Gasteiger partial charge < -0.3 is 20.7 Å². The number of anilines is 3. The zero-order valence-corrected chi connectivity index (χ0v) is 15.2. The van der Waals surface area contributed by atoms with Crippen LogP contribution < -0.4 is 20.7 Å². The molecule has 0 heterocycles. The summed E-state index contributed by atoms with van der Waals surface area (Å²) in [5.74, 6) is -0.347. The molecule has 9 heteroatoms. The van der Waals surface area contributed by atoms with E-state index in [4.69, 9.17) is 4.74 Å². The summed E-state index contributed by atoms with van der Waals surface area (Å²) in [6.45, 7) is 3.25. The summed E-state index contributed by atoms with van der Waals surface area (Å²) in [6.07, 6.45) is 0. The first-order valence-corrected chi connectivity index (χ1v) is 8.04. The van der Waals surface area contributed by atoms with E-state index in [1.807, 2.05) is 13.0 Å². The number of carbonyl (C=O) groups is 2. The van der Waals surface area contributed by atoms with Gasteiger partial charge in [-0.1, -0.05) is 6.07 Å². The van der Waals surface area contributed by atoms with Crippen LogP contribution in [0.3, 0.4) is 0 Å². The van der Waals surface area contributed by atoms with Gasteiger partial charge in [-0.15, -0.1) is 0 Å². The van der Waals surface area contributed by atoms with Gasteiger partial charge in [0, 0.05) is 24.4 Å². The lowest BCUT2D eigenvalue weighted by Gasteiger charge is -2.13. The van der Waals surface area contributed by atoms with Crippen LogP contribution in [-0.2, 0) is 9.59 Å². The van der Waals surface area contributed by atoms with E-state index in [9.17, 15) is 19.7 Å². The molecule has 0 saturated heterocycles. The molecule has 2 aromatic rings. The second-order valence-corrected chi connectivity index (χ2v) is 5.75. The Morgan fingerprint density at radius 1 is 1.11 bits per heavy atom. The Morgan fingerprint density at radius 3 is 2.48 bits per heavy atom. The quantitative estimate of drug-likeness (QED) is 0.507. The van der Waals surface area contributed by atoms with E-state index in [0.29, 0.717) is 17.1 Å². The fourth-order valence-electron chi connectivity index (χ4n) is 2.36. The summed E-state index contributed by atoms with van der Waals surface area (Å²) in [5, 5.41) is 19.1. The van der Waals surface area contributed by atoms with Crippen molar-refractivity contribution in [3.8, 4) is 5.75 Å². The number of rotatable bonds is 7. The summed E-state index contributed by atoms with van der Waals surface area (Å²) >= 11 is 0. The molecule has 2 amide bonds. The van der Waals surface area contributed by atoms with Crippen LogP contribution in [0.1, 0.15) is 12.5 Å². The number of nitrogens with one attached hydrogen (secondary N) is 3. The molecular formula is C18H20N4O5. The highest BCUT2D eigenvalue weighted by atomic mass is 16.6. The second kappa shape index (κ2) is 8.65. The van der Waals surface area contributed by atoms with Crippen LogP contribution in [0.2, 0.25) is 0 Å². The largest absolute Gasteiger partial charge is 0.494 e. The van der Waals surface area contributed by atoms with E-state index < -0.39 is 4.92 Å². The molecule has 0 aliphatic rings. The Kier molecular flexibility index (Phi) is 6.32. The van der Waals surface area contributed by atoms with E-state index in [-0.39, 0.29) is 29.8 Å². The van der Waals surface area contributed by atoms with Crippen molar-refractivity contribution in [2.45, 2.75) is 13.8 Å². The van der Waals surface area contributed by atoms with Gasteiger partial charge in [0.2, 0.25) is 11.8 Å². The Labute approximate surface area is 155 Å². The normalized spacial score (nSPS) is 10.0. The molecule has 0 spiro atoms. The number of hydrogen-bond acceptors (Lipinski definition) is 6. The smallest absolute Gasteiger partial charge is 0.273 e. The lowest BCUT2D eigenvalue weighted by molar-refractivity contribution is -0.384. The predicted molar refractivity (Wildman–Crippen MR) is 102 cm³/mol. The number of ether oxygens (including phenoxy) is 1. The number of benzene rings is 2. The molecule has 0 atom stereocenters. The second-order valence-electron chi connectivity index (χ2n) is 5.75. The third-order valence-electron chi connectivity index (χ3n) is 3.67. The molecule has 0 bridgehead atoms. The molecular weight excluding hydrogens is 352 g/mol. The lowest BCUT2D eigenvalue weighted by atomic mass is 10.1. The molecule has 9 nitrogen and oxygen atoms in total. The van der Waals surface area contributed by atoms with Gasteiger partial charge in [-0.3, -0.25) is 19.7 Å². The molecule has 0 aromatic heterocycles. The number of nitrogens with zero attached hydrogens (tertiary/aromatic N) is 1. The van der Waals surface area contributed by atoms with Crippen molar-refractivity contribution in [1.82, 2.24) is 0 Å². The molecule has 142 valence electrons. The standard InChI is InChI=1S/C18H20N4O5/c1-11-4-5-13(20-12(2)23)8-16(11)19-10-18(24)21-15-7-6-14(22(25)26)9-17(15)27-3/h4-9,19H,10H2,1-3H3,(H,20,23)(H,21,24). The molecule has 0 fully saturated rings. The highest BCUT2D eigenvalue weighted by Gasteiger charge is 2.13. The van der Waals surface area contributed by atoms with Gasteiger partial charge >= 0.3 is 0 Å². The van der Waals surface area contributed by atoms with Crippen molar-refractivity contribution in [2.75, 3.05) is 29.6 Å². The van der Waals surface area contributed by atoms with Crippen LogP contribution in [0.15, 0.2) is 36.4 Å². The van der Waals surface area contributed by atoms with Gasteiger partial charge in [-0.2, -0.15) is 0 Å². The maximum Gasteiger partial charge on any atom is 0.273 e. The molecule has 0 saturated carbocycles. The number of methoxy groups -OCH3 is 1. The van der Waals surface area contributed by atoms with E-state index >= 15 is 0 Å². The average molecular weight is 372 g/mol. The summed E-state index contributed by atoms with van der Waals surface area (Å²) < 4.78 is 5.09. The fraction of sp³-hybridized carbons (Fsp3) is 0.222. The van der Waals surface area contributed by atoms with Crippen molar-refractivity contribution in [1.29, 1.82) is 0 Å². The molecule has 0 aliphatic heterocycles. The summed E-state index contributed by atoms with van der Waals surface area (Å²) in [5.41, 5.74) is 2.43. The van der Waals surface area contributed by atoms with Crippen molar-refractivity contribution in [2.24, 2.45) is 0 Å². The van der Waals surface area contributed by atoms with Gasteiger partial charge in [0.15, 0.2) is 0 Å². The first-order valence-electron chi connectivity index (χ1n) is 8.04. The number of nitro benzene ring substituents is 1. The Balaban J connectivity index is 2.04. The van der Waals surface area contributed by atoms with Crippen molar-refractivity contribution >= 4 is 34.6 Å². The van der Waals surface area contributed by atoms with Crippen molar-refractivity contribution in [3.63, 3.8) is 0 Å². The summed E-state index contributed by atoms with van der Waals surface area (Å²) in [7, 11) is 1.36. The number of hydrogen-bond donors (Lipinski definition) is 3. The van der Waals surface area contributed by atoms with Crippen LogP contribution in [0, 0.1) is 17.0 Å². The fourth-order valence-corrected chi connectivity index (χ4v) is 2.36. The number of nitro groups is 1. The molecule has 3 N–H and O–H groups in total. The van der Waals surface area contributed by atoms with Gasteiger partial charge in [0.1, 0.15) is 5.75 Å². The van der Waals surface area contributed by atoms with Crippen molar-refractivity contribution in [3.05, 3.63) is 52.1 Å². The maximum atomic E-state index is 12.2. The first kappa shape index (κ1) is 19.7. The number of aryl methyl sites for hydroxylation is 1. The summed E-state index contributed by atoms with van der Waals surface area (Å²) in [6, 6.07) is 9.26. The van der Waals surface area contributed by atoms with Gasteiger partial charge in [-0.25, -0.2) is 0 Å². The van der Waals surface area contributed by atoms with Crippen LogP contribution in [0.4, 0.5) is 22.7 Å². The van der Waals surface area contributed by atoms with Crippen LogP contribution >= 0.6 is 0 Å². The molecule has 0 unspecified atom stereocenters. The highest BCUT2D eigenvalue weighted by Crippen LogP contribution is 2.29. The van der Waals surface area contributed by atoms with Crippen molar-refractivity contribution < 1.29 is 19.2 Å². The zero-order chi connectivity index (χ0) is 20.0. The van der Waals surface area contributed by atoms with E-state index in [1.165, 1.54) is 32.2 Å². The summed E-state index contributed by atoms with van der Waals surface area (Å²) in [4.78, 5) is 33.6. The average Bonchev–Trinajstić information content (AvgIpc) is 2.61. The van der Waals surface area contributed by atoms with E-state index in [1.54, 1.807) is 12.1 Å². The van der Waals surface area contributed by atoms with Crippen LogP contribution in [0.25, 0.3) is 0 Å². The van der Waals surface area contributed by atoms with Crippen LogP contribution in [-0.4, -0.2) is 30.4 Å². The SMILES string of the molecule is COc1cc([N+](=O)[O-])ccc1NC(=O)CNc1cc(NC(C)=O)ccc1C. The highest BCUT2D eigenvalue weighted by molar-refractivity contribution is 5.95. The Bertz CT molecular complexity index is 882. The minimum absolute atomic E-state index is 0.0372. The maximum absolute atomic E-state index is 12.2.